The Labute approximate surface area is 204 Å². The number of likely N-dealkylation sites (tertiary alicyclic amines) is 1. The Kier molecular flexibility index (Phi) is 8.10. The largest absolute Gasteiger partial charge is 0.354 e. The summed E-state index contributed by atoms with van der Waals surface area (Å²) in [5, 5.41) is 3.28. The third kappa shape index (κ3) is 5.55. The van der Waals surface area contributed by atoms with E-state index in [9.17, 15) is 18.0 Å². The third-order valence-corrected chi connectivity index (χ3v) is 10.0. The van der Waals surface area contributed by atoms with Crippen molar-refractivity contribution >= 4 is 21.7 Å². The predicted molar refractivity (Wildman–Crippen MR) is 132 cm³/mol. The maximum atomic E-state index is 13.1. The van der Waals surface area contributed by atoms with Gasteiger partial charge in [0.2, 0.25) is 15.9 Å². The lowest BCUT2D eigenvalue weighted by Crippen LogP contribution is -2.58. The highest BCUT2D eigenvalue weighted by molar-refractivity contribution is 7.89. The summed E-state index contributed by atoms with van der Waals surface area (Å²) in [4.78, 5) is 27.4. The molecule has 2 aliphatic heterocycles. The monoisotopic (exact) mass is 489 g/mol. The van der Waals surface area contributed by atoms with Crippen LogP contribution in [-0.4, -0.2) is 67.6 Å². The number of Topliss-reactive ketones (excluding diaryl/α,β-unsaturated/α-hetero) is 1. The van der Waals surface area contributed by atoms with Crippen LogP contribution in [0.15, 0.2) is 29.2 Å². The summed E-state index contributed by atoms with van der Waals surface area (Å²) in [7, 11) is -3.62. The second-order valence-corrected chi connectivity index (χ2v) is 12.2. The molecule has 1 saturated carbocycles. The number of carbonyl (C=O) groups is 2. The average Bonchev–Trinajstić information content (AvgIpc) is 2.88. The number of sulfonamides is 1. The lowest BCUT2D eigenvalue weighted by atomic mass is 9.79. The van der Waals surface area contributed by atoms with Crippen molar-refractivity contribution < 1.29 is 18.0 Å². The molecule has 1 aromatic rings. The van der Waals surface area contributed by atoms with Crippen LogP contribution in [0.2, 0.25) is 0 Å². The van der Waals surface area contributed by atoms with Crippen molar-refractivity contribution in [1.29, 1.82) is 0 Å². The minimum absolute atomic E-state index is 0.0739. The van der Waals surface area contributed by atoms with E-state index in [1.54, 1.807) is 12.1 Å². The maximum absolute atomic E-state index is 13.1. The van der Waals surface area contributed by atoms with E-state index in [0.717, 1.165) is 25.9 Å². The van der Waals surface area contributed by atoms with E-state index in [2.05, 4.69) is 10.2 Å². The zero-order valence-corrected chi connectivity index (χ0v) is 21.2. The molecule has 1 aromatic carbocycles. The van der Waals surface area contributed by atoms with Gasteiger partial charge >= 0.3 is 0 Å². The van der Waals surface area contributed by atoms with Gasteiger partial charge in [-0.2, -0.15) is 4.31 Å². The van der Waals surface area contributed by atoms with E-state index >= 15 is 0 Å². The van der Waals surface area contributed by atoms with Gasteiger partial charge in [0.1, 0.15) is 0 Å². The van der Waals surface area contributed by atoms with Crippen molar-refractivity contribution in [1.82, 2.24) is 14.5 Å². The molecule has 3 fully saturated rings. The molecule has 0 spiro atoms. The van der Waals surface area contributed by atoms with Gasteiger partial charge < -0.3 is 5.32 Å². The lowest BCUT2D eigenvalue weighted by Gasteiger charge is -2.48. The van der Waals surface area contributed by atoms with Gasteiger partial charge in [-0.25, -0.2) is 8.42 Å². The number of piperidine rings is 2. The van der Waals surface area contributed by atoms with Crippen LogP contribution in [0.4, 0.5) is 0 Å². The summed E-state index contributed by atoms with van der Waals surface area (Å²) in [6, 6.07) is 6.10. The number of hydrogen-bond donors (Lipinski definition) is 1. The van der Waals surface area contributed by atoms with Gasteiger partial charge in [0.25, 0.3) is 0 Å². The lowest BCUT2D eigenvalue weighted by molar-refractivity contribution is -0.127. The van der Waals surface area contributed by atoms with E-state index in [4.69, 9.17) is 0 Å². The molecule has 1 N–H and O–H groups in total. The predicted octanol–water partition coefficient (Wildman–Crippen LogP) is 3.59. The third-order valence-electron chi connectivity index (χ3n) is 8.13. The number of amides is 1. The summed E-state index contributed by atoms with van der Waals surface area (Å²) in [6.07, 6.45) is 10.9. The van der Waals surface area contributed by atoms with Gasteiger partial charge in [0, 0.05) is 36.7 Å². The number of nitrogens with zero attached hydrogens (tertiary/aromatic N) is 2. The Balaban J connectivity index is 1.32. The van der Waals surface area contributed by atoms with Crippen molar-refractivity contribution in [3.63, 3.8) is 0 Å². The quantitative estimate of drug-likeness (QED) is 0.592. The molecule has 8 heteroatoms. The average molecular weight is 490 g/mol. The van der Waals surface area contributed by atoms with Crippen LogP contribution in [-0.2, 0) is 14.8 Å². The van der Waals surface area contributed by atoms with Gasteiger partial charge in [-0.15, -0.1) is 0 Å². The SMILES string of the molecule is CC(=O)c1ccc(S(=O)(=O)N2CCC(C(=O)NCC3(N4CCCCC4)CCCCC3)CC2)cc1. The molecule has 2 heterocycles. The van der Waals surface area contributed by atoms with Crippen molar-refractivity contribution in [2.24, 2.45) is 5.92 Å². The Morgan fingerprint density at radius 1 is 0.912 bits per heavy atom. The molecule has 1 aliphatic carbocycles. The highest BCUT2D eigenvalue weighted by atomic mass is 32.2. The van der Waals surface area contributed by atoms with Gasteiger partial charge in [0.15, 0.2) is 5.78 Å². The Morgan fingerprint density at radius 3 is 2.09 bits per heavy atom. The van der Waals surface area contributed by atoms with Crippen LogP contribution >= 0.6 is 0 Å². The van der Waals surface area contributed by atoms with Crippen LogP contribution in [0.5, 0.6) is 0 Å². The number of ketones is 1. The first-order valence-electron chi connectivity index (χ1n) is 13.0. The summed E-state index contributed by atoms with van der Waals surface area (Å²) in [5.74, 6) is -0.163. The standard InChI is InChI=1S/C26H39N3O4S/c1-21(30)22-8-10-24(11-9-22)34(32,33)29-18-12-23(13-19-29)25(31)27-20-26(14-4-2-5-15-26)28-16-6-3-7-17-28/h8-11,23H,2-7,12-20H2,1H3,(H,27,31). The van der Waals surface area contributed by atoms with Crippen LogP contribution in [0, 0.1) is 5.92 Å². The fourth-order valence-electron chi connectivity index (χ4n) is 5.95. The van der Waals surface area contributed by atoms with Crippen LogP contribution in [0.3, 0.4) is 0 Å². The van der Waals surface area contributed by atoms with E-state index in [-0.39, 0.29) is 28.0 Å². The topological polar surface area (TPSA) is 86.8 Å². The summed E-state index contributed by atoms with van der Waals surface area (Å²) < 4.78 is 27.5. The minimum Gasteiger partial charge on any atom is -0.354 e. The summed E-state index contributed by atoms with van der Waals surface area (Å²) in [6.45, 7) is 5.13. The molecule has 7 nitrogen and oxygen atoms in total. The van der Waals surface area contributed by atoms with Crippen molar-refractivity contribution in [3.05, 3.63) is 29.8 Å². The minimum atomic E-state index is -3.62. The normalized spacial score (nSPS) is 22.9. The molecule has 1 amide bonds. The first-order valence-corrected chi connectivity index (χ1v) is 14.4. The molecular formula is C26H39N3O4S. The van der Waals surface area contributed by atoms with Crippen molar-refractivity contribution in [2.45, 2.75) is 81.6 Å². The van der Waals surface area contributed by atoms with E-state index in [1.165, 1.54) is 61.9 Å². The molecule has 0 aromatic heterocycles. The fraction of sp³-hybridized carbons (Fsp3) is 0.692. The maximum Gasteiger partial charge on any atom is 0.243 e. The van der Waals surface area contributed by atoms with E-state index in [0.29, 0.717) is 38.0 Å². The molecule has 0 unspecified atom stereocenters. The highest BCUT2D eigenvalue weighted by Crippen LogP contribution is 2.35. The highest BCUT2D eigenvalue weighted by Gasteiger charge is 2.39. The second-order valence-electron chi connectivity index (χ2n) is 10.3. The number of rotatable bonds is 7. The van der Waals surface area contributed by atoms with Gasteiger partial charge in [-0.3, -0.25) is 14.5 Å². The van der Waals surface area contributed by atoms with Gasteiger partial charge in [0.05, 0.1) is 4.90 Å². The van der Waals surface area contributed by atoms with Gasteiger partial charge in [-0.1, -0.05) is 37.8 Å². The number of hydrogen-bond acceptors (Lipinski definition) is 5. The van der Waals surface area contributed by atoms with Crippen molar-refractivity contribution in [3.8, 4) is 0 Å². The van der Waals surface area contributed by atoms with E-state index in [1.807, 2.05) is 0 Å². The fourth-order valence-corrected chi connectivity index (χ4v) is 7.42. The van der Waals surface area contributed by atoms with E-state index < -0.39 is 10.0 Å². The molecule has 0 radical (unpaired) electrons. The Morgan fingerprint density at radius 2 is 1.50 bits per heavy atom. The molecular weight excluding hydrogens is 450 g/mol. The Bertz CT molecular complexity index is 956. The molecule has 34 heavy (non-hydrogen) atoms. The van der Waals surface area contributed by atoms with Crippen LogP contribution in [0.25, 0.3) is 0 Å². The molecule has 0 atom stereocenters. The molecule has 3 aliphatic rings. The molecule has 0 bridgehead atoms. The Hall–Kier alpha value is -1.77. The first-order chi connectivity index (χ1) is 16.3. The summed E-state index contributed by atoms with van der Waals surface area (Å²) >= 11 is 0. The molecule has 188 valence electrons. The zero-order chi connectivity index (χ0) is 24.2. The molecule has 4 rings (SSSR count). The number of benzene rings is 1. The zero-order valence-electron chi connectivity index (χ0n) is 20.4. The number of carbonyl (C=O) groups excluding carboxylic acids is 2. The van der Waals surface area contributed by atoms with Crippen LogP contribution in [0.1, 0.15) is 81.5 Å². The van der Waals surface area contributed by atoms with Gasteiger partial charge in [-0.05, 0) is 70.7 Å². The first kappa shape index (κ1) is 25.3. The van der Waals surface area contributed by atoms with Crippen LogP contribution < -0.4 is 5.32 Å². The smallest absolute Gasteiger partial charge is 0.243 e. The summed E-state index contributed by atoms with van der Waals surface area (Å²) in [5.41, 5.74) is 0.597. The molecule has 2 saturated heterocycles. The van der Waals surface area contributed by atoms with Crippen molar-refractivity contribution in [2.75, 3.05) is 32.7 Å². The number of nitrogens with one attached hydrogen (secondary N) is 1. The second kappa shape index (κ2) is 10.9.